The van der Waals surface area contributed by atoms with Crippen LogP contribution in [0.2, 0.25) is 0 Å². The van der Waals surface area contributed by atoms with E-state index in [4.69, 9.17) is 4.42 Å². The summed E-state index contributed by atoms with van der Waals surface area (Å²) in [4.78, 5) is 4.25. The molecule has 1 aliphatic heterocycles. The fraction of sp³-hybridized carbons (Fsp3) is 0.0667. The van der Waals surface area contributed by atoms with Crippen molar-refractivity contribution >= 4 is 16.8 Å². The molecule has 4 heterocycles. The Kier molecular flexibility index (Phi) is 1.49. The maximum Gasteiger partial charge on any atom is 0.336 e. The van der Waals surface area contributed by atoms with Gasteiger partial charge in [-0.3, -0.25) is 4.98 Å². The van der Waals surface area contributed by atoms with Crippen LogP contribution >= 0.6 is 0 Å². The zero-order valence-electron chi connectivity index (χ0n) is 10.1. The largest absolute Gasteiger partial charge is 0.416 e. The predicted octanol–water partition coefficient (Wildman–Crippen LogP) is 2.40. The van der Waals surface area contributed by atoms with Crippen LogP contribution in [0.25, 0.3) is 28.2 Å². The van der Waals surface area contributed by atoms with Crippen molar-refractivity contribution in [2.45, 2.75) is 6.54 Å². The van der Waals surface area contributed by atoms with Crippen molar-refractivity contribution in [3.05, 3.63) is 54.5 Å². The van der Waals surface area contributed by atoms with Gasteiger partial charge in [-0.15, -0.1) is 0 Å². The van der Waals surface area contributed by atoms with Crippen molar-refractivity contribution in [2.24, 2.45) is 0 Å². The molecule has 0 atom stereocenters. The maximum atomic E-state index is 5.89. The van der Waals surface area contributed by atoms with E-state index >= 15 is 0 Å². The lowest BCUT2D eigenvalue weighted by molar-refractivity contribution is -0.670. The van der Waals surface area contributed by atoms with Crippen LogP contribution in [-0.2, 0) is 6.54 Å². The molecule has 5 rings (SSSR count). The second-order valence-corrected chi connectivity index (χ2v) is 4.86. The fourth-order valence-corrected chi connectivity index (χ4v) is 2.97. The van der Waals surface area contributed by atoms with Gasteiger partial charge in [-0.1, -0.05) is 12.1 Å². The number of pyridine rings is 1. The number of aromatic nitrogens is 3. The Labute approximate surface area is 108 Å². The van der Waals surface area contributed by atoms with Gasteiger partial charge in [-0.2, -0.15) is 4.40 Å². The lowest BCUT2D eigenvalue weighted by atomic mass is 10.2. The minimum Gasteiger partial charge on any atom is -0.416 e. The number of oxazole rings is 1. The van der Waals surface area contributed by atoms with Gasteiger partial charge >= 0.3 is 5.71 Å². The maximum absolute atomic E-state index is 5.89. The third-order valence-electron chi connectivity index (χ3n) is 3.78. The summed E-state index contributed by atoms with van der Waals surface area (Å²) < 4.78 is 10.3. The third-order valence-corrected chi connectivity index (χ3v) is 3.78. The number of hydrogen-bond donors (Lipinski definition) is 0. The monoisotopic (exact) mass is 248 g/mol. The first-order valence-corrected chi connectivity index (χ1v) is 6.27. The Hall–Kier alpha value is -2.62. The molecule has 4 heteroatoms. The van der Waals surface area contributed by atoms with E-state index in [9.17, 15) is 0 Å². The smallest absolute Gasteiger partial charge is 0.336 e. The van der Waals surface area contributed by atoms with Crippen LogP contribution in [0.3, 0.4) is 0 Å². The third kappa shape index (κ3) is 1.04. The fourth-order valence-electron chi connectivity index (χ4n) is 2.97. The number of hydrogen-bond acceptors (Lipinski definition) is 2. The first-order chi connectivity index (χ1) is 9.42. The van der Waals surface area contributed by atoms with Crippen molar-refractivity contribution in [2.75, 3.05) is 0 Å². The number of nitrogens with zero attached hydrogens (tertiary/aromatic N) is 3. The molecule has 0 bridgehead atoms. The highest BCUT2D eigenvalue weighted by Crippen LogP contribution is 2.31. The van der Waals surface area contributed by atoms with Crippen molar-refractivity contribution < 1.29 is 8.98 Å². The van der Waals surface area contributed by atoms with Crippen molar-refractivity contribution in [3.8, 4) is 11.4 Å². The van der Waals surface area contributed by atoms with Crippen molar-refractivity contribution in [1.82, 2.24) is 9.38 Å². The van der Waals surface area contributed by atoms with Crippen LogP contribution < -0.4 is 4.57 Å². The minimum absolute atomic E-state index is 0.880. The summed E-state index contributed by atoms with van der Waals surface area (Å²) in [5.74, 6) is 1.16. The predicted molar refractivity (Wildman–Crippen MR) is 69.7 cm³/mol. The van der Waals surface area contributed by atoms with Crippen LogP contribution in [-0.4, -0.2) is 9.38 Å². The van der Waals surface area contributed by atoms with E-state index in [-0.39, 0.29) is 0 Å². The Balaban J connectivity index is 2.00. The van der Waals surface area contributed by atoms with E-state index in [2.05, 4.69) is 32.3 Å². The second-order valence-electron chi connectivity index (χ2n) is 4.86. The molecule has 0 unspecified atom stereocenters. The molecule has 4 aromatic rings. The molecule has 1 aliphatic rings. The first-order valence-electron chi connectivity index (χ1n) is 6.27. The molecule has 4 nitrogen and oxygen atoms in total. The van der Waals surface area contributed by atoms with Gasteiger partial charge in [0.15, 0.2) is 17.3 Å². The summed E-state index contributed by atoms with van der Waals surface area (Å²) in [5, 5.41) is 0. The van der Waals surface area contributed by atoms with Gasteiger partial charge in [-0.25, -0.2) is 4.57 Å². The Bertz CT molecular complexity index is 949. The van der Waals surface area contributed by atoms with Crippen molar-refractivity contribution in [3.63, 3.8) is 0 Å². The molecule has 1 aromatic carbocycles. The van der Waals surface area contributed by atoms with E-state index in [0.717, 1.165) is 29.2 Å². The SMILES string of the molecule is c1ccc2c(c1)oc1c[n+]3c(n12)-c1cnccc1C3. The van der Waals surface area contributed by atoms with Gasteiger partial charge in [0, 0.05) is 18.0 Å². The summed E-state index contributed by atoms with van der Waals surface area (Å²) in [6.07, 6.45) is 5.85. The van der Waals surface area contributed by atoms with Gasteiger partial charge in [0.05, 0.1) is 5.56 Å². The molecule has 0 saturated heterocycles. The van der Waals surface area contributed by atoms with E-state index in [1.807, 2.05) is 30.6 Å². The van der Waals surface area contributed by atoms with Crippen LogP contribution in [0.4, 0.5) is 0 Å². The van der Waals surface area contributed by atoms with Crippen molar-refractivity contribution in [1.29, 1.82) is 0 Å². The van der Waals surface area contributed by atoms with Crippen LogP contribution in [0.5, 0.6) is 0 Å². The molecule has 0 saturated carbocycles. The highest BCUT2D eigenvalue weighted by Gasteiger charge is 2.32. The van der Waals surface area contributed by atoms with Gasteiger partial charge in [-0.05, 0) is 18.2 Å². The van der Waals surface area contributed by atoms with Crippen LogP contribution in [0.1, 0.15) is 5.56 Å². The standard InChI is InChI=1S/C15H10N3O/c1-2-4-13-12(3-1)18-14(19-13)9-17-8-10-5-6-16-7-11(10)15(17)18/h1-7,9H,8H2/q+1. The Morgan fingerprint density at radius 3 is 3.16 bits per heavy atom. The lowest BCUT2D eigenvalue weighted by Gasteiger charge is -1.91. The van der Waals surface area contributed by atoms with Gasteiger partial charge in [0.25, 0.3) is 5.82 Å². The highest BCUT2D eigenvalue weighted by atomic mass is 16.3. The number of rotatable bonds is 0. The zero-order valence-corrected chi connectivity index (χ0v) is 10.1. The average molecular weight is 248 g/mol. The molecule has 19 heavy (non-hydrogen) atoms. The van der Waals surface area contributed by atoms with Gasteiger partial charge in [0.1, 0.15) is 6.54 Å². The van der Waals surface area contributed by atoms with Gasteiger partial charge in [0.2, 0.25) is 0 Å². The van der Waals surface area contributed by atoms with E-state index in [0.29, 0.717) is 0 Å². The normalized spacial score (nSPS) is 13.1. The Morgan fingerprint density at radius 1 is 1.21 bits per heavy atom. The molecule has 0 N–H and O–H groups in total. The zero-order chi connectivity index (χ0) is 12.4. The van der Waals surface area contributed by atoms with Gasteiger partial charge < -0.3 is 4.42 Å². The summed E-state index contributed by atoms with van der Waals surface area (Å²) in [6.45, 7) is 0.888. The molecular formula is C15H10N3O+. The quantitative estimate of drug-likeness (QED) is 0.394. The summed E-state index contributed by atoms with van der Waals surface area (Å²) in [6, 6.07) is 10.2. The van der Waals surface area contributed by atoms with E-state index in [1.165, 1.54) is 11.1 Å². The molecule has 0 amide bonds. The Morgan fingerprint density at radius 2 is 2.16 bits per heavy atom. The average Bonchev–Trinajstić information content (AvgIpc) is 3.04. The molecule has 90 valence electrons. The highest BCUT2D eigenvalue weighted by molar-refractivity contribution is 5.80. The minimum atomic E-state index is 0.880. The summed E-state index contributed by atoms with van der Waals surface area (Å²) >= 11 is 0. The summed E-state index contributed by atoms with van der Waals surface area (Å²) in [5.41, 5.74) is 5.39. The van der Waals surface area contributed by atoms with Crippen LogP contribution in [0, 0.1) is 0 Å². The molecule has 0 radical (unpaired) electrons. The summed E-state index contributed by atoms with van der Waals surface area (Å²) in [7, 11) is 0. The number of para-hydroxylation sites is 2. The molecular weight excluding hydrogens is 238 g/mol. The molecule has 0 spiro atoms. The van der Waals surface area contributed by atoms with E-state index in [1.54, 1.807) is 0 Å². The van der Waals surface area contributed by atoms with E-state index < -0.39 is 0 Å². The molecule has 0 fully saturated rings. The number of imidazole rings is 1. The number of fused-ring (bicyclic) bond motifs is 7. The molecule has 3 aromatic heterocycles. The first kappa shape index (κ1) is 9.33. The number of benzene rings is 1. The topological polar surface area (TPSA) is 34.3 Å². The molecule has 0 aliphatic carbocycles. The second kappa shape index (κ2) is 3.03. The lowest BCUT2D eigenvalue weighted by Crippen LogP contribution is -2.29. The van der Waals surface area contributed by atoms with Crippen LogP contribution in [0.15, 0.2) is 53.3 Å².